The van der Waals surface area contributed by atoms with Crippen LogP contribution in [0.4, 0.5) is 10.5 Å². The Morgan fingerprint density at radius 3 is 2.45 bits per heavy atom. The molecule has 162 valence electrons. The number of anilines is 1. The van der Waals surface area contributed by atoms with Gasteiger partial charge in [0, 0.05) is 15.2 Å². The van der Waals surface area contributed by atoms with Crippen LogP contribution in [-0.4, -0.2) is 35.9 Å². The maximum absolute atomic E-state index is 13.2. The average molecular weight is 505 g/mol. The van der Waals surface area contributed by atoms with Gasteiger partial charge in [0.25, 0.3) is 0 Å². The van der Waals surface area contributed by atoms with Crippen LogP contribution in [0.2, 0.25) is 5.02 Å². The van der Waals surface area contributed by atoms with Gasteiger partial charge in [-0.3, -0.25) is 4.79 Å². The fourth-order valence-corrected chi connectivity index (χ4v) is 3.91. The molecule has 2 aromatic rings. The molecule has 2 amide bonds. The van der Waals surface area contributed by atoms with E-state index in [4.69, 9.17) is 16.3 Å². The van der Waals surface area contributed by atoms with Crippen molar-refractivity contribution in [1.82, 2.24) is 5.01 Å². The molecular formula is C23H23BrClN3O3. The summed E-state index contributed by atoms with van der Waals surface area (Å²) in [6, 6.07) is 13.8. The second-order valence-corrected chi connectivity index (χ2v) is 8.74. The number of esters is 1. The molecule has 31 heavy (non-hydrogen) atoms. The van der Waals surface area contributed by atoms with Crippen LogP contribution in [0, 0.1) is 5.41 Å². The summed E-state index contributed by atoms with van der Waals surface area (Å²) in [5.74, 6) is -0.439. The van der Waals surface area contributed by atoms with E-state index in [1.165, 1.54) is 5.01 Å². The standard InChI is InChI=1S/C23H23BrClN3O3/c1-4-31-21(29)23(13-15(2)3)14-28(22(30)26-19-11-7-17(24)8-12-19)27-20(23)16-5-9-18(25)10-6-16/h5-12H,2,4,13-14H2,1,3H3,(H,26,30). The topological polar surface area (TPSA) is 71.0 Å². The van der Waals surface area contributed by atoms with E-state index in [-0.39, 0.29) is 13.2 Å². The lowest BCUT2D eigenvalue weighted by Crippen LogP contribution is -2.45. The molecular weight excluding hydrogens is 482 g/mol. The minimum absolute atomic E-state index is 0.0407. The number of hydrazone groups is 1. The van der Waals surface area contributed by atoms with Gasteiger partial charge in [-0.25, -0.2) is 9.80 Å². The van der Waals surface area contributed by atoms with Crippen molar-refractivity contribution in [3.63, 3.8) is 0 Å². The predicted octanol–water partition coefficient (Wildman–Crippen LogP) is 5.87. The van der Waals surface area contributed by atoms with Gasteiger partial charge in [0.1, 0.15) is 5.41 Å². The molecule has 3 rings (SSSR count). The Labute approximate surface area is 195 Å². The summed E-state index contributed by atoms with van der Waals surface area (Å²) >= 11 is 9.41. The van der Waals surface area contributed by atoms with Crippen LogP contribution >= 0.6 is 27.5 Å². The highest BCUT2D eigenvalue weighted by molar-refractivity contribution is 9.10. The second kappa shape index (κ2) is 9.66. The fourth-order valence-electron chi connectivity index (χ4n) is 3.52. The van der Waals surface area contributed by atoms with Crippen LogP contribution < -0.4 is 5.32 Å². The van der Waals surface area contributed by atoms with Crippen molar-refractivity contribution in [2.24, 2.45) is 10.5 Å². The zero-order valence-corrected chi connectivity index (χ0v) is 19.7. The number of hydrogen-bond donors (Lipinski definition) is 1. The normalized spacial score (nSPS) is 17.8. The Balaban J connectivity index is 2.01. The minimum atomic E-state index is -1.16. The third-order valence-electron chi connectivity index (χ3n) is 4.81. The van der Waals surface area contributed by atoms with Crippen molar-refractivity contribution in [3.05, 3.63) is 75.7 Å². The van der Waals surface area contributed by atoms with Gasteiger partial charge in [-0.05, 0) is 62.2 Å². The number of halogens is 2. The van der Waals surface area contributed by atoms with E-state index in [1.54, 1.807) is 43.3 Å². The first-order valence-electron chi connectivity index (χ1n) is 9.76. The van der Waals surface area contributed by atoms with E-state index in [0.717, 1.165) is 10.0 Å². The molecule has 6 nitrogen and oxygen atoms in total. The highest BCUT2D eigenvalue weighted by Crippen LogP contribution is 2.39. The number of carbonyl (C=O) groups excluding carboxylic acids is 2. The Hall–Kier alpha value is -2.64. The highest BCUT2D eigenvalue weighted by Gasteiger charge is 2.52. The molecule has 1 atom stereocenters. The molecule has 1 heterocycles. The minimum Gasteiger partial charge on any atom is -0.465 e. The number of amides is 2. The van der Waals surface area contributed by atoms with Crippen LogP contribution in [0.15, 0.2) is 70.3 Å². The van der Waals surface area contributed by atoms with E-state index in [9.17, 15) is 9.59 Å². The van der Waals surface area contributed by atoms with Crippen LogP contribution in [0.5, 0.6) is 0 Å². The third kappa shape index (κ3) is 5.17. The molecule has 0 bridgehead atoms. The number of rotatable bonds is 6. The first kappa shape index (κ1) is 23.0. The van der Waals surface area contributed by atoms with Gasteiger partial charge in [0.15, 0.2) is 0 Å². The SMILES string of the molecule is C=C(C)CC1(C(=O)OCC)CN(C(=O)Nc2ccc(Br)cc2)N=C1c1ccc(Cl)cc1. The summed E-state index contributed by atoms with van der Waals surface area (Å²) in [6.07, 6.45) is 0.301. The molecule has 2 aromatic carbocycles. The van der Waals surface area contributed by atoms with Gasteiger partial charge in [-0.15, -0.1) is 6.58 Å². The molecule has 1 aliphatic rings. The molecule has 0 spiro atoms. The first-order chi connectivity index (χ1) is 14.7. The Morgan fingerprint density at radius 2 is 1.87 bits per heavy atom. The number of urea groups is 1. The predicted molar refractivity (Wildman–Crippen MR) is 126 cm³/mol. The Bertz CT molecular complexity index is 1020. The molecule has 1 N–H and O–H groups in total. The van der Waals surface area contributed by atoms with Gasteiger partial charge < -0.3 is 10.1 Å². The molecule has 0 fully saturated rings. The molecule has 1 unspecified atom stereocenters. The van der Waals surface area contributed by atoms with Crippen LogP contribution in [0.3, 0.4) is 0 Å². The number of benzene rings is 2. The van der Waals surface area contributed by atoms with Gasteiger partial charge in [-0.2, -0.15) is 5.10 Å². The van der Waals surface area contributed by atoms with Crippen molar-refractivity contribution >= 4 is 50.9 Å². The maximum atomic E-state index is 13.2. The van der Waals surface area contributed by atoms with E-state index in [0.29, 0.717) is 28.4 Å². The molecule has 0 radical (unpaired) electrons. The van der Waals surface area contributed by atoms with Gasteiger partial charge in [0.05, 0.1) is 18.9 Å². The molecule has 0 aliphatic carbocycles. The number of carbonyl (C=O) groups is 2. The molecule has 1 aliphatic heterocycles. The van der Waals surface area contributed by atoms with Crippen LogP contribution in [0.1, 0.15) is 25.8 Å². The number of nitrogens with one attached hydrogen (secondary N) is 1. The summed E-state index contributed by atoms with van der Waals surface area (Å²) in [7, 11) is 0. The summed E-state index contributed by atoms with van der Waals surface area (Å²) in [6.45, 7) is 7.83. The number of allylic oxidation sites excluding steroid dienone is 1. The van der Waals surface area contributed by atoms with Crippen LogP contribution in [-0.2, 0) is 9.53 Å². The number of nitrogens with zero attached hydrogens (tertiary/aromatic N) is 2. The van der Waals surface area contributed by atoms with Gasteiger partial charge in [-0.1, -0.05) is 45.2 Å². The van der Waals surface area contributed by atoms with E-state index in [2.05, 4.69) is 32.9 Å². The lowest BCUT2D eigenvalue weighted by molar-refractivity contribution is -0.151. The quantitative estimate of drug-likeness (QED) is 0.395. The van der Waals surface area contributed by atoms with Crippen LogP contribution in [0.25, 0.3) is 0 Å². The summed E-state index contributed by atoms with van der Waals surface area (Å²) in [4.78, 5) is 26.2. The highest BCUT2D eigenvalue weighted by atomic mass is 79.9. The zero-order valence-electron chi connectivity index (χ0n) is 17.3. The second-order valence-electron chi connectivity index (χ2n) is 7.39. The third-order valence-corrected chi connectivity index (χ3v) is 5.59. The molecule has 8 heteroatoms. The largest absolute Gasteiger partial charge is 0.465 e. The average Bonchev–Trinajstić information content (AvgIpc) is 3.10. The van der Waals surface area contributed by atoms with Gasteiger partial charge in [0.2, 0.25) is 0 Å². The van der Waals surface area contributed by atoms with Crippen molar-refractivity contribution in [2.45, 2.75) is 20.3 Å². The zero-order chi connectivity index (χ0) is 22.6. The number of ether oxygens (including phenoxy) is 1. The monoisotopic (exact) mass is 503 g/mol. The van der Waals surface area contributed by atoms with Crippen molar-refractivity contribution in [2.75, 3.05) is 18.5 Å². The maximum Gasteiger partial charge on any atom is 0.342 e. The van der Waals surface area contributed by atoms with Crippen molar-refractivity contribution in [1.29, 1.82) is 0 Å². The Kier molecular flexibility index (Phi) is 7.18. The summed E-state index contributed by atoms with van der Waals surface area (Å²) in [5, 5.41) is 9.21. The molecule has 0 aromatic heterocycles. The van der Waals surface area contributed by atoms with E-state index < -0.39 is 17.4 Å². The fraction of sp³-hybridized carbons (Fsp3) is 0.261. The molecule has 0 saturated carbocycles. The smallest absolute Gasteiger partial charge is 0.342 e. The lowest BCUT2D eigenvalue weighted by atomic mass is 9.75. The van der Waals surface area contributed by atoms with E-state index >= 15 is 0 Å². The summed E-state index contributed by atoms with van der Waals surface area (Å²) in [5.41, 5.74) is 1.39. The summed E-state index contributed by atoms with van der Waals surface area (Å²) < 4.78 is 6.31. The van der Waals surface area contributed by atoms with E-state index in [1.807, 2.05) is 19.1 Å². The van der Waals surface area contributed by atoms with Crippen molar-refractivity contribution in [3.8, 4) is 0 Å². The Morgan fingerprint density at radius 1 is 1.23 bits per heavy atom. The first-order valence-corrected chi connectivity index (χ1v) is 10.9. The number of hydrogen-bond acceptors (Lipinski definition) is 4. The lowest BCUT2D eigenvalue weighted by Gasteiger charge is -2.28. The van der Waals surface area contributed by atoms with Crippen molar-refractivity contribution < 1.29 is 14.3 Å². The molecule has 0 saturated heterocycles. The van der Waals surface area contributed by atoms with Gasteiger partial charge >= 0.3 is 12.0 Å².